The van der Waals surface area contributed by atoms with Crippen LogP contribution in [0.3, 0.4) is 0 Å². The number of aryl methyl sites for hydroxylation is 1. The zero-order valence-corrected chi connectivity index (χ0v) is 12.7. The van der Waals surface area contributed by atoms with E-state index < -0.39 is 0 Å². The van der Waals surface area contributed by atoms with Crippen LogP contribution in [0.1, 0.15) is 12.5 Å². The highest BCUT2D eigenvalue weighted by atomic mass is 79.9. The summed E-state index contributed by atoms with van der Waals surface area (Å²) in [4.78, 5) is 9.86. The molecule has 3 nitrogen and oxygen atoms in total. The van der Waals surface area contributed by atoms with E-state index in [4.69, 9.17) is 0 Å². The average Bonchev–Trinajstić information content (AvgIpc) is 2.34. The van der Waals surface area contributed by atoms with Gasteiger partial charge in [0.05, 0.1) is 4.47 Å². The van der Waals surface area contributed by atoms with E-state index >= 15 is 0 Å². The molecule has 0 aliphatic carbocycles. The first kappa shape index (κ1) is 13.4. The van der Waals surface area contributed by atoms with Crippen molar-refractivity contribution >= 4 is 33.6 Å². The number of halogens is 1. The highest BCUT2D eigenvalue weighted by Gasteiger charge is 2.06. The first-order chi connectivity index (χ1) is 8.69. The molecule has 0 aliphatic rings. The van der Waals surface area contributed by atoms with Gasteiger partial charge in [-0.05, 0) is 41.9 Å². The third kappa shape index (κ3) is 3.46. The summed E-state index contributed by atoms with van der Waals surface area (Å²) < 4.78 is 0.913. The fourth-order valence-electron chi connectivity index (χ4n) is 1.46. The summed E-state index contributed by atoms with van der Waals surface area (Å²) in [5.41, 5.74) is 1.25. The molecule has 0 radical (unpaired) electrons. The van der Waals surface area contributed by atoms with Crippen LogP contribution in [0.25, 0.3) is 0 Å². The van der Waals surface area contributed by atoms with Gasteiger partial charge in [0.1, 0.15) is 5.03 Å². The van der Waals surface area contributed by atoms with Crippen molar-refractivity contribution < 1.29 is 0 Å². The SMILES string of the molecule is CCNc1ncc(Br)c(Sc2cccc(C)c2)n1. The Morgan fingerprint density at radius 2 is 2.22 bits per heavy atom. The maximum absolute atomic E-state index is 4.48. The molecular formula is C13H14BrN3S. The summed E-state index contributed by atoms with van der Waals surface area (Å²) in [6, 6.07) is 8.37. The van der Waals surface area contributed by atoms with E-state index in [2.05, 4.69) is 62.4 Å². The van der Waals surface area contributed by atoms with Crippen LogP contribution in [0.4, 0.5) is 5.95 Å². The molecule has 1 aromatic heterocycles. The van der Waals surface area contributed by atoms with Crippen molar-refractivity contribution in [3.8, 4) is 0 Å². The van der Waals surface area contributed by atoms with Gasteiger partial charge in [0.2, 0.25) is 5.95 Å². The van der Waals surface area contributed by atoms with Gasteiger partial charge in [-0.15, -0.1) is 0 Å². The second-order valence-electron chi connectivity index (χ2n) is 3.80. The van der Waals surface area contributed by atoms with E-state index in [1.165, 1.54) is 10.5 Å². The Hall–Kier alpha value is -1.07. The lowest BCUT2D eigenvalue weighted by molar-refractivity contribution is 0.999. The van der Waals surface area contributed by atoms with E-state index in [-0.39, 0.29) is 0 Å². The molecule has 2 aromatic rings. The Morgan fingerprint density at radius 3 is 2.94 bits per heavy atom. The molecule has 0 atom stereocenters. The normalized spacial score (nSPS) is 10.4. The second-order valence-corrected chi connectivity index (χ2v) is 5.71. The fourth-order valence-corrected chi connectivity index (χ4v) is 2.79. The third-order valence-corrected chi connectivity index (χ3v) is 4.09. The Morgan fingerprint density at radius 1 is 1.39 bits per heavy atom. The predicted molar refractivity (Wildman–Crippen MR) is 79.2 cm³/mol. The van der Waals surface area contributed by atoms with E-state index in [0.29, 0.717) is 5.95 Å². The molecule has 0 spiro atoms. The van der Waals surface area contributed by atoms with Crippen LogP contribution in [-0.4, -0.2) is 16.5 Å². The molecule has 94 valence electrons. The van der Waals surface area contributed by atoms with Crippen LogP contribution in [0, 0.1) is 6.92 Å². The van der Waals surface area contributed by atoms with Crippen molar-refractivity contribution in [1.82, 2.24) is 9.97 Å². The van der Waals surface area contributed by atoms with E-state index in [1.807, 2.05) is 6.92 Å². The highest BCUT2D eigenvalue weighted by molar-refractivity contribution is 9.10. The lowest BCUT2D eigenvalue weighted by Gasteiger charge is -2.07. The lowest BCUT2D eigenvalue weighted by Crippen LogP contribution is -2.02. The molecular weight excluding hydrogens is 310 g/mol. The molecule has 18 heavy (non-hydrogen) atoms. The Kier molecular flexibility index (Phi) is 4.60. The van der Waals surface area contributed by atoms with Crippen LogP contribution in [0.5, 0.6) is 0 Å². The van der Waals surface area contributed by atoms with Gasteiger partial charge in [-0.1, -0.05) is 29.5 Å². The summed E-state index contributed by atoms with van der Waals surface area (Å²) >= 11 is 5.11. The van der Waals surface area contributed by atoms with Gasteiger partial charge in [-0.25, -0.2) is 9.97 Å². The van der Waals surface area contributed by atoms with Gasteiger partial charge in [-0.2, -0.15) is 0 Å². The Balaban J connectivity index is 2.25. The molecule has 0 fully saturated rings. The fraction of sp³-hybridized carbons (Fsp3) is 0.231. The summed E-state index contributed by atoms with van der Waals surface area (Å²) in [7, 11) is 0. The summed E-state index contributed by atoms with van der Waals surface area (Å²) in [5.74, 6) is 0.663. The molecule has 1 N–H and O–H groups in total. The van der Waals surface area contributed by atoms with Crippen LogP contribution in [0.2, 0.25) is 0 Å². The Labute approximate surface area is 120 Å². The van der Waals surface area contributed by atoms with Crippen molar-refractivity contribution in [1.29, 1.82) is 0 Å². The molecule has 1 aromatic carbocycles. The molecule has 0 amide bonds. The molecule has 1 heterocycles. The van der Waals surface area contributed by atoms with E-state index in [9.17, 15) is 0 Å². The quantitative estimate of drug-likeness (QED) is 0.858. The first-order valence-corrected chi connectivity index (χ1v) is 7.31. The summed E-state index contributed by atoms with van der Waals surface area (Å²) in [6.07, 6.45) is 1.78. The minimum atomic E-state index is 0.663. The number of benzene rings is 1. The zero-order chi connectivity index (χ0) is 13.0. The van der Waals surface area contributed by atoms with Gasteiger partial charge in [0.15, 0.2) is 0 Å². The second kappa shape index (κ2) is 6.20. The average molecular weight is 324 g/mol. The lowest BCUT2D eigenvalue weighted by atomic mass is 10.2. The number of rotatable bonds is 4. The minimum absolute atomic E-state index is 0.663. The first-order valence-electron chi connectivity index (χ1n) is 5.70. The summed E-state index contributed by atoms with van der Waals surface area (Å²) in [5, 5.41) is 4.04. The van der Waals surface area contributed by atoms with Gasteiger partial charge < -0.3 is 5.32 Å². The maximum atomic E-state index is 4.48. The van der Waals surface area contributed by atoms with Crippen molar-refractivity contribution in [2.45, 2.75) is 23.8 Å². The number of nitrogens with zero attached hydrogens (tertiary/aromatic N) is 2. The van der Waals surface area contributed by atoms with Crippen molar-refractivity contribution in [2.24, 2.45) is 0 Å². The van der Waals surface area contributed by atoms with Crippen molar-refractivity contribution in [3.05, 3.63) is 40.5 Å². The predicted octanol–water partition coefficient (Wildman–Crippen LogP) is 4.13. The molecule has 2 rings (SSSR count). The van der Waals surface area contributed by atoms with Crippen LogP contribution in [0.15, 0.2) is 44.9 Å². The molecule has 5 heteroatoms. The third-order valence-electron chi connectivity index (χ3n) is 2.25. The molecule has 0 bridgehead atoms. The van der Waals surface area contributed by atoms with E-state index in [0.717, 1.165) is 16.0 Å². The van der Waals surface area contributed by atoms with Gasteiger partial charge in [0.25, 0.3) is 0 Å². The number of anilines is 1. The number of nitrogens with one attached hydrogen (secondary N) is 1. The molecule has 0 saturated heterocycles. The largest absolute Gasteiger partial charge is 0.354 e. The van der Waals surface area contributed by atoms with Gasteiger partial charge in [-0.3, -0.25) is 0 Å². The molecule has 0 unspecified atom stereocenters. The minimum Gasteiger partial charge on any atom is -0.354 e. The monoisotopic (exact) mass is 323 g/mol. The number of hydrogen-bond acceptors (Lipinski definition) is 4. The van der Waals surface area contributed by atoms with Gasteiger partial charge >= 0.3 is 0 Å². The molecule has 0 saturated carbocycles. The van der Waals surface area contributed by atoms with Crippen LogP contribution in [-0.2, 0) is 0 Å². The van der Waals surface area contributed by atoms with Crippen molar-refractivity contribution in [2.75, 3.05) is 11.9 Å². The summed E-state index contributed by atoms with van der Waals surface area (Å²) in [6.45, 7) is 4.93. The smallest absolute Gasteiger partial charge is 0.223 e. The number of aromatic nitrogens is 2. The van der Waals surface area contributed by atoms with Crippen LogP contribution < -0.4 is 5.32 Å². The topological polar surface area (TPSA) is 37.8 Å². The standard InChI is InChI=1S/C13H14BrN3S/c1-3-15-13-16-8-11(14)12(17-13)18-10-6-4-5-9(2)7-10/h4-8H,3H2,1-2H3,(H,15,16,17). The van der Waals surface area contributed by atoms with Crippen LogP contribution >= 0.6 is 27.7 Å². The Bertz CT molecular complexity index is 546. The van der Waals surface area contributed by atoms with Crippen molar-refractivity contribution in [3.63, 3.8) is 0 Å². The van der Waals surface area contributed by atoms with E-state index in [1.54, 1.807) is 18.0 Å². The maximum Gasteiger partial charge on any atom is 0.223 e. The zero-order valence-electron chi connectivity index (χ0n) is 10.3. The highest BCUT2D eigenvalue weighted by Crippen LogP contribution is 2.32. The molecule has 0 aliphatic heterocycles. The number of hydrogen-bond donors (Lipinski definition) is 1. The van der Waals surface area contributed by atoms with Gasteiger partial charge in [0, 0.05) is 17.6 Å².